The normalized spacial score (nSPS) is 23.8. The molecule has 0 saturated carbocycles. The van der Waals surface area contributed by atoms with Crippen LogP contribution in [0.5, 0.6) is 0 Å². The summed E-state index contributed by atoms with van der Waals surface area (Å²) < 4.78 is 7.24. The summed E-state index contributed by atoms with van der Waals surface area (Å²) in [4.78, 5) is 2.87. The molecule has 1 nitrogen and oxygen atoms in total. The number of thiophene rings is 1. The molecule has 120 valence electrons. The van der Waals surface area contributed by atoms with E-state index in [0.29, 0.717) is 16.9 Å². The monoisotopic (exact) mass is 388 g/mol. The zero-order chi connectivity index (χ0) is 16.0. The Morgan fingerprint density at radius 3 is 2.29 bits per heavy atom. The van der Waals surface area contributed by atoms with Crippen molar-refractivity contribution in [3.05, 3.63) is 19.8 Å². The molecule has 4 heteroatoms. The molecule has 0 amide bonds. The highest BCUT2D eigenvalue weighted by atomic mass is 79.9. The summed E-state index contributed by atoms with van der Waals surface area (Å²) in [6, 6.07) is 1.36. The Morgan fingerprint density at radius 1 is 1.19 bits per heavy atom. The highest BCUT2D eigenvalue weighted by Crippen LogP contribution is 2.48. The topological polar surface area (TPSA) is 9.23 Å². The minimum atomic E-state index is -1.26. The van der Waals surface area contributed by atoms with E-state index in [0.717, 1.165) is 13.2 Å². The Balaban J connectivity index is 2.26. The second-order valence-electron chi connectivity index (χ2n) is 8.18. The van der Waals surface area contributed by atoms with Crippen molar-refractivity contribution < 1.29 is 4.74 Å². The predicted octanol–water partition coefficient (Wildman–Crippen LogP) is 6.37. The van der Waals surface area contributed by atoms with Gasteiger partial charge in [-0.25, -0.2) is 0 Å². The lowest BCUT2D eigenvalue weighted by atomic mass is 9.90. The quantitative estimate of drug-likeness (QED) is 0.546. The van der Waals surface area contributed by atoms with E-state index in [1.165, 1.54) is 25.8 Å². The fourth-order valence-electron chi connectivity index (χ4n) is 3.18. The van der Waals surface area contributed by atoms with Crippen LogP contribution in [0.1, 0.15) is 42.0 Å². The van der Waals surface area contributed by atoms with Gasteiger partial charge in [0.05, 0.1) is 14.7 Å². The Morgan fingerprint density at radius 2 is 1.81 bits per heavy atom. The number of hydrogen-bond donors (Lipinski definition) is 0. The molecule has 0 spiro atoms. The molecule has 1 aliphatic rings. The number of ether oxygens (including phenoxy) is 1. The summed E-state index contributed by atoms with van der Waals surface area (Å²) in [5.41, 5.74) is 1.53. The van der Waals surface area contributed by atoms with Crippen LogP contribution in [0.2, 0.25) is 24.2 Å². The van der Waals surface area contributed by atoms with E-state index in [-0.39, 0.29) is 0 Å². The molecule has 0 N–H and O–H groups in total. The van der Waals surface area contributed by atoms with Crippen molar-refractivity contribution >= 4 is 35.3 Å². The summed E-state index contributed by atoms with van der Waals surface area (Å²) in [5.74, 6) is 1.27. The van der Waals surface area contributed by atoms with E-state index in [2.05, 4.69) is 63.6 Å². The largest absolute Gasteiger partial charge is 0.381 e. The van der Waals surface area contributed by atoms with Gasteiger partial charge in [-0.2, -0.15) is 0 Å². The van der Waals surface area contributed by atoms with E-state index in [9.17, 15) is 0 Å². The maximum atomic E-state index is 5.91. The van der Waals surface area contributed by atoms with E-state index >= 15 is 0 Å². The molecule has 1 saturated heterocycles. The van der Waals surface area contributed by atoms with Gasteiger partial charge in [-0.05, 0) is 46.3 Å². The molecule has 2 heterocycles. The summed E-state index contributed by atoms with van der Waals surface area (Å²) in [6.07, 6.45) is 0. The molecule has 0 aromatic carbocycles. The van der Waals surface area contributed by atoms with Crippen LogP contribution >= 0.6 is 27.3 Å². The SMILES string of the molecule is Cc1sc(C)c([C@H]2COC[C@@H]2C[Si](C)(C)C(C)(C)C)c1Br. The van der Waals surface area contributed by atoms with E-state index in [1.54, 1.807) is 0 Å². The second-order valence-corrected chi connectivity index (χ2v) is 16.1. The second kappa shape index (κ2) is 6.10. The molecular formula is C17H29BrOSSi. The number of halogens is 1. The lowest BCUT2D eigenvalue weighted by Gasteiger charge is -2.39. The van der Waals surface area contributed by atoms with Gasteiger partial charge < -0.3 is 4.74 Å². The molecule has 0 radical (unpaired) electrons. The highest BCUT2D eigenvalue weighted by Gasteiger charge is 2.42. The van der Waals surface area contributed by atoms with Crippen molar-refractivity contribution in [2.24, 2.45) is 5.92 Å². The number of rotatable bonds is 3. The van der Waals surface area contributed by atoms with Gasteiger partial charge >= 0.3 is 0 Å². The van der Waals surface area contributed by atoms with Crippen LogP contribution in [0.25, 0.3) is 0 Å². The molecule has 1 fully saturated rings. The standard InChI is InChI=1S/C17H29BrOSSi/c1-11-15(16(18)12(2)20-11)14-9-19-8-13(14)10-21(6,7)17(3,4)5/h13-14H,8-10H2,1-7H3/t13-,14+/m1/s1. The van der Waals surface area contributed by atoms with Crippen molar-refractivity contribution in [2.75, 3.05) is 13.2 Å². The van der Waals surface area contributed by atoms with E-state index < -0.39 is 8.07 Å². The van der Waals surface area contributed by atoms with Crippen LogP contribution in [-0.2, 0) is 4.74 Å². The van der Waals surface area contributed by atoms with Gasteiger partial charge in [-0.15, -0.1) is 11.3 Å². The van der Waals surface area contributed by atoms with Crippen LogP contribution in [-0.4, -0.2) is 21.3 Å². The van der Waals surface area contributed by atoms with Gasteiger partial charge in [0, 0.05) is 26.8 Å². The van der Waals surface area contributed by atoms with Gasteiger partial charge in [0.2, 0.25) is 0 Å². The molecule has 0 unspecified atom stereocenters. The van der Waals surface area contributed by atoms with Crippen molar-refractivity contribution in [3.63, 3.8) is 0 Å². The lowest BCUT2D eigenvalue weighted by Crippen LogP contribution is -2.39. The first-order valence-corrected chi connectivity index (χ1v) is 12.7. The van der Waals surface area contributed by atoms with Crippen molar-refractivity contribution in [3.8, 4) is 0 Å². The van der Waals surface area contributed by atoms with Gasteiger partial charge in [0.25, 0.3) is 0 Å². The fourth-order valence-corrected chi connectivity index (χ4v) is 7.49. The molecule has 21 heavy (non-hydrogen) atoms. The Kier molecular flexibility index (Phi) is 5.14. The number of aryl methyl sites for hydroxylation is 2. The van der Waals surface area contributed by atoms with Gasteiger partial charge in [0.15, 0.2) is 0 Å². The third-order valence-corrected chi connectivity index (χ3v) is 13.5. The average molecular weight is 389 g/mol. The zero-order valence-corrected chi connectivity index (χ0v) is 17.9. The molecule has 0 bridgehead atoms. The first-order valence-electron chi connectivity index (χ1n) is 7.87. The summed E-state index contributed by atoms with van der Waals surface area (Å²) >= 11 is 5.74. The molecule has 0 aliphatic carbocycles. The summed E-state index contributed by atoms with van der Waals surface area (Å²) in [6.45, 7) is 18.7. The first-order chi connectivity index (χ1) is 9.54. The van der Waals surface area contributed by atoms with Gasteiger partial charge in [-0.1, -0.05) is 39.9 Å². The highest BCUT2D eigenvalue weighted by molar-refractivity contribution is 9.10. The Bertz CT molecular complexity index is 516. The molecule has 1 aromatic rings. The molecule has 2 atom stereocenters. The third-order valence-electron chi connectivity index (χ3n) is 5.60. The first kappa shape index (κ1) is 17.7. The minimum Gasteiger partial charge on any atom is -0.381 e. The Labute approximate surface area is 143 Å². The predicted molar refractivity (Wildman–Crippen MR) is 101 cm³/mol. The molecule has 2 rings (SSSR count). The zero-order valence-electron chi connectivity index (χ0n) is 14.5. The summed E-state index contributed by atoms with van der Waals surface area (Å²) in [5, 5.41) is 0.455. The van der Waals surface area contributed by atoms with Crippen molar-refractivity contribution in [2.45, 2.75) is 64.7 Å². The number of hydrogen-bond acceptors (Lipinski definition) is 2. The van der Waals surface area contributed by atoms with Crippen molar-refractivity contribution in [1.82, 2.24) is 0 Å². The van der Waals surface area contributed by atoms with Gasteiger partial charge in [0.1, 0.15) is 0 Å². The smallest absolute Gasteiger partial charge is 0.0539 e. The van der Waals surface area contributed by atoms with E-state index in [1.807, 2.05) is 11.3 Å². The Hall–Kier alpha value is 0.357. The fraction of sp³-hybridized carbons (Fsp3) is 0.765. The lowest BCUT2D eigenvalue weighted by molar-refractivity contribution is 0.186. The average Bonchev–Trinajstić information content (AvgIpc) is 2.83. The van der Waals surface area contributed by atoms with Crippen LogP contribution < -0.4 is 0 Å². The van der Waals surface area contributed by atoms with Gasteiger partial charge in [-0.3, -0.25) is 0 Å². The van der Waals surface area contributed by atoms with Crippen LogP contribution in [0.4, 0.5) is 0 Å². The molecule has 1 aliphatic heterocycles. The third kappa shape index (κ3) is 3.49. The maximum Gasteiger partial charge on any atom is 0.0539 e. The van der Waals surface area contributed by atoms with Crippen molar-refractivity contribution in [1.29, 1.82) is 0 Å². The van der Waals surface area contributed by atoms with Crippen LogP contribution in [0.3, 0.4) is 0 Å². The molecular weight excluding hydrogens is 360 g/mol. The minimum absolute atomic E-state index is 0.455. The van der Waals surface area contributed by atoms with Crippen LogP contribution in [0, 0.1) is 19.8 Å². The summed E-state index contributed by atoms with van der Waals surface area (Å²) in [7, 11) is -1.26. The molecule has 1 aromatic heterocycles. The van der Waals surface area contributed by atoms with Crippen LogP contribution in [0.15, 0.2) is 4.47 Å². The maximum absolute atomic E-state index is 5.91. The van der Waals surface area contributed by atoms with E-state index in [4.69, 9.17) is 4.74 Å².